The van der Waals surface area contributed by atoms with E-state index in [4.69, 9.17) is 10.2 Å². The molecule has 6 nitrogen and oxygen atoms in total. The maximum Gasteiger partial charge on any atom is 0.317 e. The highest BCUT2D eigenvalue weighted by Crippen LogP contribution is 2.24. The fourth-order valence-corrected chi connectivity index (χ4v) is 2.26. The Morgan fingerprint density at radius 2 is 1.90 bits per heavy atom. The molecule has 0 unspecified atom stereocenters. The normalized spacial score (nSPS) is 14.7. The lowest BCUT2D eigenvalue weighted by Gasteiger charge is -2.37. The number of unbranched alkanes of at least 4 members (excludes halogenated alkanes) is 2. The molecule has 0 bridgehead atoms. The van der Waals surface area contributed by atoms with Gasteiger partial charge < -0.3 is 20.4 Å². The van der Waals surface area contributed by atoms with Gasteiger partial charge in [-0.3, -0.25) is 4.79 Å². The summed E-state index contributed by atoms with van der Waals surface area (Å²) in [5.74, 6) is -0.769. The third-order valence-corrected chi connectivity index (χ3v) is 3.68. The van der Waals surface area contributed by atoms with Gasteiger partial charge in [0.05, 0.1) is 0 Å². The van der Waals surface area contributed by atoms with Gasteiger partial charge in [0.25, 0.3) is 0 Å². The van der Waals surface area contributed by atoms with Crippen molar-refractivity contribution in [1.29, 1.82) is 0 Å². The second kappa shape index (κ2) is 9.58. The number of carbonyl (C=O) groups excluding carboxylic acids is 1. The number of hydrogen-bond acceptors (Lipinski definition) is 3. The van der Waals surface area contributed by atoms with E-state index in [9.17, 15) is 9.59 Å². The zero-order valence-electron chi connectivity index (χ0n) is 12.0. The van der Waals surface area contributed by atoms with Crippen molar-refractivity contribution < 1.29 is 19.8 Å². The van der Waals surface area contributed by atoms with Crippen LogP contribution in [0.5, 0.6) is 0 Å². The summed E-state index contributed by atoms with van der Waals surface area (Å²) in [6.45, 7) is 1.29. The Kier molecular flexibility index (Phi) is 8.02. The Morgan fingerprint density at radius 3 is 2.45 bits per heavy atom. The Labute approximate surface area is 120 Å². The number of nitrogens with one attached hydrogen (secondary N) is 1. The van der Waals surface area contributed by atoms with Crippen molar-refractivity contribution in [3.8, 4) is 0 Å². The highest BCUT2D eigenvalue weighted by molar-refractivity contribution is 5.74. The van der Waals surface area contributed by atoms with E-state index in [1.807, 2.05) is 4.90 Å². The standard InChI is InChI=1S/C14H26N2O4/c17-11-5-10-16(12-6-4-7-12)14(20)15-9-3-1-2-8-13(18)19/h12,17H,1-11H2,(H,15,20)(H,18,19). The van der Waals surface area contributed by atoms with Crippen LogP contribution >= 0.6 is 0 Å². The summed E-state index contributed by atoms with van der Waals surface area (Å²) < 4.78 is 0. The fourth-order valence-electron chi connectivity index (χ4n) is 2.26. The SMILES string of the molecule is O=C(O)CCCCCNC(=O)N(CCCO)C1CCC1. The van der Waals surface area contributed by atoms with Crippen LogP contribution in [0.2, 0.25) is 0 Å². The topological polar surface area (TPSA) is 89.9 Å². The van der Waals surface area contributed by atoms with E-state index < -0.39 is 5.97 Å². The molecule has 0 radical (unpaired) electrons. The van der Waals surface area contributed by atoms with Crippen molar-refractivity contribution in [2.45, 2.75) is 57.4 Å². The van der Waals surface area contributed by atoms with Gasteiger partial charge in [-0.15, -0.1) is 0 Å². The second-order valence-corrected chi connectivity index (χ2v) is 5.29. The lowest BCUT2D eigenvalue weighted by Crippen LogP contribution is -2.49. The van der Waals surface area contributed by atoms with Crippen molar-refractivity contribution in [3.05, 3.63) is 0 Å². The molecule has 3 N–H and O–H groups in total. The summed E-state index contributed by atoms with van der Waals surface area (Å²) in [4.78, 5) is 24.2. The molecule has 0 aromatic heterocycles. The van der Waals surface area contributed by atoms with Gasteiger partial charge in [0.15, 0.2) is 0 Å². The molecule has 1 fully saturated rings. The summed E-state index contributed by atoms with van der Waals surface area (Å²) >= 11 is 0. The highest BCUT2D eigenvalue weighted by Gasteiger charge is 2.27. The molecule has 0 aromatic rings. The van der Waals surface area contributed by atoms with E-state index in [2.05, 4.69) is 5.32 Å². The molecule has 20 heavy (non-hydrogen) atoms. The number of aliphatic hydroxyl groups is 1. The summed E-state index contributed by atoms with van der Waals surface area (Å²) in [5.41, 5.74) is 0. The first-order chi connectivity index (χ1) is 9.65. The monoisotopic (exact) mass is 286 g/mol. The van der Waals surface area contributed by atoms with Gasteiger partial charge in [0, 0.05) is 32.2 Å². The Hall–Kier alpha value is -1.30. The van der Waals surface area contributed by atoms with Crippen molar-refractivity contribution in [3.63, 3.8) is 0 Å². The molecule has 116 valence electrons. The molecular weight excluding hydrogens is 260 g/mol. The average Bonchev–Trinajstić information content (AvgIpc) is 2.35. The molecular formula is C14H26N2O4. The van der Waals surface area contributed by atoms with E-state index in [1.54, 1.807) is 0 Å². The van der Waals surface area contributed by atoms with Gasteiger partial charge in [-0.05, 0) is 38.5 Å². The molecule has 2 amide bonds. The molecule has 0 atom stereocenters. The number of carboxylic acid groups (broad SMARTS) is 1. The third-order valence-electron chi connectivity index (χ3n) is 3.68. The highest BCUT2D eigenvalue weighted by atomic mass is 16.4. The molecule has 0 aliphatic heterocycles. The van der Waals surface area contributed by atoms with Crippen LogP contribution in [0.4, 0.5) is 4.79 Å². The van der Waals surface area contributed by atoms with Gasteiger partial charge in [-0.1, -0.05) is 6.42 Å². The molecule has 0 aromatic carbocycles. The predicted octanol–water partition coefficient (Wildman–Crippen LogP) is 1.58. The van der Waals surface area contributed by atoms with Crippen LogP contribution in [0, 0.1) is 0 Å². The number of aliphatic hydroxyl groups excluding tert-OH is 1. The van der Waals surface area contributed by atoms with Gasteiger partial charge >= 0.3 is 12.0 Å². The fraction of sp³-hybridized carbons (Fsp3) is 0.857. The van der Waals surface area contributed by atoms with Crippen molar-refractivity contribution in [2.24, 2.45) is 0 Å². The average molecular weight is 286 g/mol. The molecule has 0 spiro atoms. The zero-order chi connectivity index (χ0) is 14.8. The third kappa shape index (κ3) is 6.23. The van der Waals surface area contributed by atoms with E-state index in [1.165, 1.54) is 6.42 Å². The molecule has 1 aliphatic rings. The Morgan fingerprint density at radius 1 is 1.15 bits per heavy atom. The summed E-state index contributed by atoms with van der Waals surface area (Å²) in [5, 5.41) is 20.3. The first-order valence-electron chi connectivity index (χ1n) is 7.52. The minimum Gasteiger partial charge on any atom is -0.481 e. The first-order valence-corrected chi connectivity index (χ1v) is 7.52. The van der Waals surface area contributed by atoms with Crippen LogP contribution in [-0.2, 0) is 4.79 Å². The van der Waals surface area contributed by atoms with E-state index in [0.717, 1.165) is 25.7 Å². The smallest absolute Gasteiger partial charge is 0.317 e. The van der Waals surface area contributed by atoms with Gasteiger partial charge in [0.1, 0.15) is 0 Å². The molecule has 6 heteroatoms. The van der Waals surface area contributed by atoms with Crippen molar-refractivity contribution >= 4 is 12.0 Å². The largest absolute Gasteiger partial charge is 0.481 e. The zero-order valence-corrected chi connectivity index (χ0v) is 12.0. The number of aliphatic carboxylic acids is 1. The second-order valence-electron chi connectivity index (χ2n) is 5.29. The maximum atomic E-state index is 12.1. The van der Waals surface area contributed by atoms with E-state index in [0.29, 0.717) is 32.0 Å². The van der Waals surface area contributed by atoms with Crippen molar-refractivity contribution in [1.82, 2.24) is 10.2 Å². The number of rotatable bonds is 10. The Bertz CT molecular complexity index is 306. The van der Waals surface area contributed by atoms with Gasteiger partial charge in [-0.25, -0.2) is 4.79 Å². The number of urea groups is 1. The van der Waals surface area contributed by atoms with Gasteiger partial charge in [0.2, 0.25) is 0 Å². The number of nitrogens with zero attached hydrogens (tertiary/aromatic N) is 1. The van der Waals surface area contributed by atoms with Crippen LogP contribution in [-0.4, -0.2) is 52.9 Å². The predicted molar refractivity (Wildman–Crippen MR) is 75.6 cm³/mol. The summed E-state index contributed by atoms with van der Waals surface area (Å²) in [7, 11) is 0. The van der Waals surface area contributed by atoms with Crippen molar-refractivity contribution in [2.75, 3.05) is 19.7 Å². The lowest BCUT2D eigenvalue weighted by atomic mass is 9.91. The van der Waals surface area contributed by atoms with Crippen LogP contribution in [0.1, 0.15) is 51.4 Å². The minimum absolute atomic E-state index is 0.0543. The van der Waals surface area contributed by atoms with Gasteiger partial charge in [-0.2, -0.15) is 0 Å². The number of carbonyl (C=O) groups is 2. The quantitative estimate of drug-likeness (QED) is 0.532. The maximum absolute atomic E-state index is 12.1. The number of carboxylic acids is 1. The van der Waals surface area contributed by atoms with Crippen LogP contribution in [0.15, 0.2) is 0 Å². The molecule has 1 saturated carbocycles. The molecule has 1 aliphatic carbocycles. The number of hydrogen-bond donors (Lipinski definition) is 3. The lowest BCUT2D eigenvalue weighted by molar-refractivity contribution is -0.137. The van der Waals surface area contributed by atoms with E-state index >= 15 is 0 Å². The summed E-state index contributed by atoms with van der Waals surface area (Å²) in [6, 6.07) is 0.273. The number of amides is 2. The first kappa shape index (κ1) is 16.8. The minimum atomic E-state index is -0.769. The van der Waals surface area contributed by atoms with E-state index in [-0.39, 0.29) is 19.1 Å². The molecule has 1 rings (SSSR count). The van der Waals surface area contributed by atoms with Crippen LogP contribution in [0.3, 0.4) is 0 Å². The molecule has 0 heterocycles. The summed E-state index contributed by atoms with van der Waals surface area (Å²) in [6.07, 6.45) is 6.35. The van der Waals surface area contributed by atoms with Crippen LogP contribution in [0.25, 0.3) is 0 Å². The molecule has 0 saturated heterocycles. The van der Waals surface area contributed by atoms with Crippen LogP contribution < -0.4 is 5.32 Å². The Balaban J connectivity index is 2.15.